The molecule has 2 rings (SSSR count). The third-order valence-electron chi connectivity index (χ3n) is 3.08. The molecule has 0 atom stereocenters. The van der Waals surface area contributed by atoms with Crippen molar-refractivity contribution in [2.45, 2.75) is 13.8 Å². The van der Waals surface area contributed by atoms with Gasteiger partial charge in [-0.15, -0.1) is 0 Å². The van der Waals surface area contributed by atoms with Crippen LogP contribution >= 0.6 is 0 Å². The van der Waals surface area contributed by atoms with Gasteiger partial charge in [0, 0.05) is 11.6 Å². The molecule has 3 nitrogen and oxygen atoms in total. The Labute approximate surface area is 122 Å². The van der Waals surface area contributed by atoms with Gasteiger partial charge in [-0.1, -0.05) is 6.07 Å². The number of carbonyl (C=O) groups is 1. The van der Waals surface area contributed by atoms with E-state index in [-0.39, 0.29) is 0 Å². The maximum Gasteiger partial charge on any atom is 0.328 e. The molecule has 0 saturated carbocycles. The Morgan fingerprint density at radius 1 is 1.14 bits per heavy atom. The van der Waals surface area contributed by atoms with E-state index in [4.69, 9.17) is 9.84 Å². The van der Waals surface area contributed by atoms with Crippen molar-refractivity contribution >= 4 is 12.0 Å². The lowest BCUT2D eigenvalue weighted by Gasteiger charge is -2.10. The molecule has 0 aliphatic carbocycles. The first kappa shape index (κ1) is 14.8. The lowest BCUT2D eigenvalue weighted by atomic mass is 10.1. The highest BCUT2D eigenvalue weighted by atomic mass is 19.1. The maximum absolute atomic E-state index is 13.3. The van der Waals surface area contributed by atoms with E-state index >= 15 is 0 Å². The molecular formula is C17H15FO3. The van der Waals surface area contributed by atoms with E-state index in [1.165, 1.54) is 24.3 Å². The Bertz CT molecular complexity index is 705. The number of aryl methyl sites for hydroxylation is 2. The van der Waals surface area contributed by atoms with E-state index < -0.39 is 11.8 Å². The number of carboxylic acid groups (broad SMARTS) is 1. The highest BCUT2D eigenvalue weighted by Crippen LogP contribution is 2.28. The monoisotopic (exact) mass is 286 g/mol. The van der Waals surface area contributed by atoms with Crippen LogP contribution in [0.2, 0.25) is 0 Å². The SMILES string of the molecule is Cc1ccc(Oc2ccc(F)cc2/C=C/C(=O)O)cc1C. The van der Waals surface area contributed by atoms with Crippen LogP contribution in [-0.2, 0) is 4.79 Å². The molecule has 0 heterocycles. The second-order valence-electron chi connectivity index (χ2n) is 4.70. The largest absolute Gasteiger partial charge is 0.478 e. The van der Waals surface area contributed by atoms with Gasteiger partial charge in [0.1, 0.15) is 17.3 Å². The Morgan fingerprint density at radius 2 is 1.90 bits per heavy atom. The molecule has 1 N–H and O–H groups in total. The lowest BCUT2D eigenvalue weighted by molar-refractivity contribution is -0.131. The highest BCUT2D eigenvalue weighted by molar-refractivity contribution is 5.85. The summed E-state index contributed by atoms with van der Waals surface area (Å²) in [6.07, 6.45) is 2.25. The molecule has 0 aromatic heterocycles. The average molecular weight is 286 g/mol. The number of hydrogen-bond acceptors (Lipinski definition) is 2. The molecular weight excluding hydrogens is 271 g/mol. The first-order valence-electron chi connectivity index (χ1n) is 6.41. The van der Waals surface area contributed by atoms with E-state index in [2.05, 4.69) is 0 Å². The highest BCUT2D eigenvalue weighted by Gasteiger charge is 2.06. The fourth-order valence-electron chi connectivity index (χ4n) is 1.81. The summed E-state index contributed by atoms with van der Waals surface area (Å²) < 4.78 is 19.0. The van der Waals surface area contributed by atoms with Crippen molar-refractivity contribution in [3.63, 3.8) is 0 Å². The molecule has 0 saturated heterocycles. The summed E-state index contributed by atoms with van der Waals surface area (Å²) in [5.74, 6) is -0.532. The third kappa shape index (κ3) is 3.92. The fourth-order valence-corrected chi connectivity index (χ4v) is 1.81. The lowest BCUT2D eigenvalue weighted by Crippen LogP contribution is -1.92. The van der Waals surface area contributed by atoms with Gasteiger partial charge >= 0.3 is 5.97 Å². The van der Waals surface area contributed by atoms with Crippen LogP contribution in [0.4, 0.5) is 4.39 Å². The van der Waals surface area contributed by atoms with Crippen LogP contribution in [0.1, 0.15) is 16.7 Å². The van der Waals surface area contributed by atoms with Crippen molar-refractivity contribution in [3.05, 3.63) is 65.0 Å². The number of halogens is 1. The van der Waals surface area contributed by atoms with Gasteiger partial charge in [-0.3, -0.25) is 0 Å². The minimum absolute atomic E-state index is 0.371. The molecule has 2 aromatic carbocycles. The van der Waals surface area contributed by atoms with E-state index in [1.54, 1.807) is 0 Å². The molecule has 0 fully saturated rings. The molecule has 0 radical (unpaired) electrons. The number of hydrogen-bond donors (Lipinski definition) is 1. The van der Waals surface area contributed by atoms with Crippen molar-refractivity contribution in [1.29, 1.82) is 0 Å². The van der Waals surface area contributed by atoms with Gasteiger partial charge in [0.2, 0.25) is 0 Å². The standard InChI is InChI=1S/C17H15FO3/c1-11-3-6-15(9-12(11)2)21-16-7-5-14(18)10-13(16)4-8-17(19)20/h3-10H,1-2H3,(H,19,20)/b8-4+. The number of ether oxygens (including phenoxy) is 1. The third-order valence-corrected chi connectivity index (χ3v) is 3.08. The van der Waals surface area contributed by atoms with Gasteiger partial charge < -0.3 is 9.84 Å². The Kier molecular flexibility index (Phi) is 4.38. The topological polar surface area (TPSA) is 46.5 Å². The first-order valence-corrected chi connectivity index (χ1v) is 6.41. The van der Waals surface area contributed by atoms with Gasteiger partial charge in [0.15, 0.2) is 0 Å². The van der Waals surface area contributed by atoms with Crippen molar-refractivity contribution in [2.75, 3.05) is 0 Å². The number of carboxylic acids is 1. The van der Waals surface area contributed by atoms with Gasteiger partial charge in [-0.25, -0.2) is 9.18 Å². The van der Waals surface area contributed by atoms with E-state index in [0.717, 1.165) is 17.2 Å². The van der Waals surface area contributed by atoms with E-state index in [1.807, 2.05) is 32.0 Å². The summed E-state index contributed by atoms with van der Waals surface area (Å²) in [6, 6.07) is 9.61. The predicted octanol–water partition coefficient (Wildman–Crippen LogP) is 4.33. The number of benzene rings is 2. The molecule has 4 heteroatoms. The van der Waals surface area contributed by atoms with Crippen LogP contribution in [0.5, 0.6) is 11.5 Å². The van der Waals surface area contributed by atoms with Gasteiger partial charge in [0.05, 0.1) is 0 Å². The van der Waals surface area contributed by atoms with Crippen LogP contribution in [0, 0.1) is 19.7 Å². The molecule has 0 spiro atoms. The Morgan fingerprint density at radius 3 is 2.57 bits per heavy atom. The minimum Gasteiger partial charge on any atom is -0.478 e. The quantitative estimate of drug-likeness (QED) is 0.851. The molecule has 0 unspecified atom stereocenters. The summed E-state index contributed by atoms with van der Waals surface area (Å²) in [4.78, 5) is 10.6. The van der Waals surface area contributed by atoms with Crippen molar-refractivity contribution in [1.82, 2.24) is 0 Å². The second-order valence-corrected chi connectivity index (χ2v) is 4.70. The molecule has 0 aliphatic heterocycles. The van der Waals surface area contributed by atoms with Crippen molar-refractivity contribution < 1.29 is 19.0 Å². The summed E-state index contributed by atoms with van der Waals surface area (Å²) in [6.45, 7) is 3.97. The van der Waals surface area contributed by atoms with Crippen LogP contribution in [0.3, 0.4) is 0 Å². The molecule has 21 heavy (non-hydrogen) atoms. The molecule has 2 aromatic rings. The fraction of sp³-hybridized carbons (Fsp3) is 0.118. The number of aliphatic carboxylic acids is 1. The zero-order valence-electron chi connectivity index (χ0n) is 11.8. The minimum atomic E-state index is -1.10. The van der Waals surface area contributed by atoms with Crippen molar-refractivity contribution in [2.24, 2.45) is 0 Å². The first-order chi connectivity index (χ1) is 9.95. The summed E-state index contributed by atoms with van der Waals surface area (Å²) in [5.41, 5.74) is 2.60. The van der Waals surface area contributed by atoms with Crippen LogP contribution in [0.25, 0.3) is 6.08 Å². The van der Waals surface area contributed by atoms with Gasteiger partial charge in [-0.2, -0.15) is 0 Å². The zero-order chi connectivity index (χ0) is 15.4. The maximum atomic E-state index is 13.3. The summed E-state index contributed by atoms with van der Waals surface area (Å²) in [5, 5.41) is 8.67. The Balaban J connectivity index is 2.34. The normalized spacial score (nSPS) is 10.8. The van der Waals surface area contributed by atoms with Gasteiger partial charge in [-0.05, 0) is 61.4 Å². The summed E-state index contributed by atoms with van der Waals surface area (Å²) in [7, 11) is 0. The summed E-state index contributed by atoms with van der Waals surface area (Å²) >= 11 is 0. The average Bonchev–Trinajstić information content (AvgIpc) is 2.43. The van der Waals surface area contributed by atoms with Crippen LogP contribution in [-0.4, -0.2) is 11.1 Å². The molecule has 108 valence electrons. The molecule has 0 amide bonds. The van der Waals surface area contributed by atoms with Crippen molar-refractivity contribution in [3.8, 4) is 11.5 Å². The zero-order valence-corrected chi connectivity index (χ0v) is 11.8. The number of rotatable bonds is 4. The van der Waals surface area contributed by atoms with Gasteiger partial charge in [0.25, 0.3) is 0 Å². The van der Waals surface area contributed by atoms with E-state index in [0.29, 0.717) is 17.1 Å². The predicted molar refractivity (Wildman–Crippen MR) is 79.1 cm³/mol. The second kappa shape index (κ2) is 6.22. The Hall–Kier alpha value is -2.62. The van der Waals surface area contributed by atoms with E-state index in [9.17, 15) is 9.18 Å². The molecule has 0 bridgehead atoms. The van der Waals surface area contributed by atoms with Crippen LogP contribution in [0.15, 0.2) is 42.5 Å². The smallest absolute Gasteiger partial charge is 0.328 e. The molecule has 0 aliphatic rings. The van der Waals surface area contributed by atoms with Crippen LogP contribution < -0.4 is 4.74 Å².